The topological polar surface area (TPSA) is 52.7 Å². The summed E-state index contributed by atoms with van der Waals surface area (Å²) in [7, 11) is 0. The van der Waals surface area contributed by atoms with Gasteiger partial charge in [0.15, 0.2) is 5.78 Å². The van der Waals surface area contributed by atoms with Gasteiger partial charge in [0.2, 0.25) is 5.91 Å². The van der Waals surface area contributed by atoms with Crippen LogP contribution >= 0.6 is 48.5 Å². The summed E-state index contributed by atoms with van der Waals surface area (Å²) in [6, 6.07) is 6.26. The first-order valence-electron chi connectivity index (χ1n) is 12.1. The van der Waals surface area contributed by atoms with Crippen LogP contribution in [0.15, 0.2) is 23.8 Å². The molecule has 0 aliphatic carbocycles. The Balaban J connectivity index is 1.71. The molecule has 9 heteroatoms. The zero-order chi connectivity index (χ0) is 24.7. The fourth-order valence-electron chi connectivity index (χ4n) is 5.20. The second-order valence-electron chi connectivity index (χ2n) is 8.91. The molecule has 1 fully saturated rings. The minimum atomic E-state index is 0.0268. The lowest BCUT2D eigenvalue weighted by molar-refractivity contribution is -0.122. The minimum Gasteiger partial charge on any atom is -0.354 e. The zero-order valence-corrected chi connectivity index (χ0v) is 23.0. The average molecular weight is 545 g/mol. The van der Waals surface area contributed by atoms with Gasteiger partial charge in [-0.15, -0.1) is 0 Å². The van der Waals surface area contributed by atoms with Crippen LogP contribution in [0.4, 0.5) is 0 Å². The molecule has 0 saturated carbocycles. The molecule has 2 aliphatic rings. The highest BCUT2D eigenvalue weighted by Gasteiger charge is 2.43. The number of ketones is 1. The van der Waals surface area contributed by atoms with Crippen molar-refractivity contribution >= 4 is 65.7 Å². The number of carbonyl (C=O) groups is 2. The van der Waals surface area contributed by atoms with Crippen LogP contribution in [0.25, 0.3) is 5.57 Å². The largest absolute Gasteiger partial charge is 0.354 e. The van der Waals surface area contributed by atoms with Gasteiger partial charge in [0.1, 0.15) is 0 Å². The maximum atomic E-state index is 13.1. The van der Waals surface area contributed by atoms with Crippen LogP contribution < -0.4 is 5.32 Å². The number of thiol groups is 2. The molecule has 2 bridgehead atoms. The first-order chi connectivity index (χ1) is 16.4. The third-order valence-corrected chi connectivity index (χ3v) is 7.90. The highest BCUT2D eigenvalue weighted by molar-refractivity contribution is 7.80. The Morgan fingerprint density at radius 1 is 1.15 bits per heavy atom. The monoisotopic (exact) mass is 543 g/mol. The van der Waals surface area contributed by atoms with Gasteiger partial charge < -0.3 is 5.32 Å². The molecule has 188 valence electrons. The maximum Gasteiger partial charge on any atom is 0.234 e. The standard InChI is InChI=1S/C25H35Cl2N3O2S2/c1-2-23(31)25-19(17-4-6-20(26)21(27)14-17)15-18-5-7-22(25)30(18)10-3-9-29(11-13-34)16-24(32)28-8-12-33/h4,6,14,18,22,33-34H,2-3,5,7-13,15-16H2,1H3,(H,28,32)/t18-,22+/m0/s1. The van der Waals surface area contributed by atoms with Crippen molar-refractivity contribution in [3.8, 4) is 0 Å². The summed E-state index contributed by atoms with van der Waals surface area (Å²) in [6.07, 6.45) is 4.37. The molecule has 1 aromatic carbocycles. The first-order valence-corrected chi connectivity index (χ1v) is 14.1. The van der Waals surface area contributed by atoms with Crippen LogP contribution in [0.2, 0.25) is 10.0 Å². The molecule has 2 atom stereocenters. The quantitative estimate of drug-likeness (QED) is 0.317. The predicted octanol–water partition coefficient (Wildman–Crippen LogP) is 4.63. The van der Waals surface area contributed by atoms with Crippen molar-refractivity contribution in [2.45, 2.75) is 51.1 Å². The van der Waals surface area contributed by atoms with E-state index in [4.69, 9.17) is 23.2 Å². The molecule has 0 aromatic heterocycles. The van der Waals surface area contributed by atoms with Gasteiger partial charge >= 0.3 is 0 Å². The zero-order valence-electron chi connectivity index (χ0n) is 19.7. The molecule has 5 nitrogen and oxygen atoms in total. The number of hydrogen-bond acceptors (Lipinski definition) is 6. The molecule has 1 aromatic rings. The third kappa shape index (κ3) is 6.95. The van der Waals surface area contributed by atoms with E-state index in [0.717, 1.165) is 62.0 Å². The first kappa shape index (κ1) is 27.9. The number of carbonyl (C=O) groups excluding carboxylic acids is 2. The molecule has 1 saturated heterocycles. The van der Waals surface area contributed by atoms with Crippen LogP contribution in [-0.2, 0) is 9.59 Å². The van der Waals surface area contributed by atoms with Crippen molar-refractivity contribution in [3.05, 3.63) is 39.4 Å². The normalized spacial score (nSPS) is 20.3. The number of hydrogen-bond donors (Lipinski definition) is 3. The van der Waals surface area contributed by atoms with Crippen LogP contribution in [0, 0.1) is 0 Å². The summed E-state index contributed by atoms with van der Waals surface area (Å²) in [4.78, 5) is 29.9. The Hall–Kier alpha value is -0.700. The van der Waals surface area contributed by atoms with E-state index in [-0.39, 0.29) is 17.7 Å². The van der Waals surface area contributed by atoms with Crippen molar-refractivity contribution in [2.75, 3.05) is 44.2 Å². The van der Waals surface area contributed by atoms with E-state index in [9.17, 15) is 9.59 Å². The number of nitrogens with one attached hydrogen (secondary N) is 1. The Morgan fingerprint density at radius 3 is 2.62 bits per heavy atom. The number of fused-ring (bicyclic) bond motifs is 2. The second kappa shape index (κ2) is 13.6. The van der Waals surface area contributed by atoms with E-state index in [2.05, 4.69) is 40.4 Å². The van der Waals surface area contributed by atoms with E-state index < -0.39 is 0 Å². The van der Waals surface area contributed by atoms with Crippen LogP contribution in [0.1, 0.15) is 44.6 Å². The summed E-state index contributed by atoms with van der Waals surface area (Å²) < 4.78 is 0. The molecule has 34 heavy (non-hydrogen) atoms. The van der Waals surface area contributed by atoms with Crippen molar-refractivity contribution in [2.24, 2.45) is 0 Å². The maximum absolute atomic E-state index is 13.1. The molecule has 2 aliphatic heterocycles. The van der Waals surface area contributed by atoms with E-state index in [1.807, 2.05) is 25.1 Å². The Kier molecular flexibility index (Phi) is 11.1. The summed E-state index contributed by atoms with van der Waals surface area (Å²) in [5, 5.41) is 3.93. The van der Waals surface area contributed by atoms with Gasteiger partial charge in [-0.3, -0.25) is 19.4 Å². The predicted molar refractivity (Wildman–Crippen MR) is 149 cm³/mol. The molecule has 1 N–H and O–H groups in total. The second-order valence-corrected chi connectivity index (χ2v) is 10.6. The third-order valence-electron chi connectivity index (χ3n) is 6.74. The SMILES string of the molecule is CCC(=O)C1=C(c2ccc(Cl)c(Cl)c2)C[C@@H]2CC[C@H]1N2CCCN(CCS)CC(=O)NCCS. The van der Waals surface area contributed by atoms with E-state index >= 15 is 0 Å². The van der Waals surface area contributed by atoms with Gasteiger partial charge in [0.25, 0.3) is 0 Å². The lowest BCUT2D eigenvalue weighted by Gasteiger charge is -2.38. The highest BCUT2D eigenvalue weighted by Crippen LogP contribution is 2.44. The van der Waals surface area contributed by atoms with Crippen molar-refractivity contribution in [1.29, 1.82) is 0 Å². The molecule has 0 spiro atoms. The van der Waals surface area contributed by atoms with Crippen LogP contribution in [0.3, 0.4) is 0 Å². The number of rotatable bonds is 13. The molecule has 1 amide bonds. The highest BCUT2D eigenvalue weighted by atomic mass is 35.5. The van der Waals surface area contributed by atoms with E-state index in [1.54, 1.807) is 0 Å². The lowest BCUT2D eigenvalue weighted by Crippen LogP contribution is -2.45. The van der Waals surface area contributed by atoms with Gasteiger partial charge in [-0.05, 0) is 55.5 Å². The van der Waals surface area contributed by atoms with Gasteiger partial charge in [0.05, 0.1) is 16.6 Å². The van der Waals surface area contributed by atoms with E-state index in [1.165, 1.54) is 0 Å². The van der Waals surface area contributed by atoms with Gasteiger partial charge in [0, 0.05) is 55.2 Å². The lowest BCUT2D eigenvalue weighted by atomic mass is 9.85. The fraction of sp³-hybridized carbons (Fsp3) is 0.600. The smallest absolute Gasteiger partial charge is 0.234 e. The fourth-order valence-corrected chi connectivity index (χ4v) is 5.89. The molecular weight excluding hydrogens is 509 g/mol. The Labute approximate surface area is 224 Å². The Morgan fingerprint density at radius 2 is 1.94 bits per heavy atom. The molecule has 2 heterocycles. The summed E-state index contributed by atoms with van der Waals surface area (Å²) in [5.41, 5.74) is 3.09. The number of amides is 1. The van der Waals surface area contributed by atoms with E-state index in [0.29, 0.717) is 47.1 Å². The van der Waals surface area contributed by atoms with Crippen molar-refractivity contribution in [1.82, 2.24) is 15.1 Å². The van der Waals surface area contributed by atoms with Crippen LogP contribution in [-0.4, -0.2) is 77.8 Å². The van der Waals surface area contributed by atoms with Crippen molar-refractivity contribution < 1.29 is 9.59 Å². The Bertz CT molecular complexity index is 912. The van der Waals surface area contributed by atoms with Gasteiger partial charge in [-0.25, -0.2) is 0 Å². The van der Waals surface area contributed by atoms with Gasteiger partial charge in [-0.2, -0.15) is 25.3 Å². The average Bonchev–Trinajstić information content (AvgIpc) is 3.09. The van der Waals surface area contributed by atoms with Gasteiger partial charge in [-0.1, -0.05) is 36.2 Å². The molecule has 3 rings (SSSR count). The summed E-state index contributed by atoms with van der Waals surface area (Å²) in [6.45, 7) is 5.39. The molecule has 0 radical (unpaired) electrons. The van der Waals surface area contributed by atoms with Crippen LogP contribution in [0.5, 0.6) is 0 Å². The number of benzene rings is 1. The minimum absolute atomic E-state index is 0.0268. The summed E-state index contributed by atoms with van der Waals surface area (Å²) >= 11 is 21.0. The summed E-state index contributed by atoms with van der Waals surface area (Å²) in [5.74, 6) is 1.58. The number of Topliss-reactive ketones (excluding diaryl/α,β-unsaturated/α-hetero) is 1. The van der Waals surface area contributed by atoms with Crippen molar-refractivity contribution in [3.63, 3.8) is 0 Å². The molecule has 0 unspecified atom stereocenters. The number of halogens is 2. The molecular formula is C25H35Cl2N3O2S2. The number of nitrogens with zero attached hydrogens (tertiary/aromatic N) is 2.